The highest BCUT2D eigenvalue weighted by atomic mass is 79.9. The number of nitro groups is 1. The lowest BCUT2D eigenvalue weighted by Gasteiger charge is -2.04. The van der Waals surface area contributed by atoms with E-state index >= 15 is 0 Å². The van der Waals surface area contributed by atoms with Gasteiger partial charge in [0.2, 0.25) is 0 Å². The quantitative estimate of drug-likeness (QED) is 0.483. The van der Waals surface area contributed by atoms with Crippen LogP contribution in [0.25, 0.3) is 5.69 Å². The zero-order chi connectivity index (χ0) is 14.9. The molecule has 1 aromatic carbocycles. The number of benzene rings is 1. The molecule has 0 aliphatic rings. The van der Waals surface area contributed by atoms with Gasteiger partial charge in [0.25, 0.3) is 0 Å². The summed E-state index contributed by atoms with van der Waals surface area (Å²) in [5.41, 5.74) is -0.641. The van der Waals surface area contributed by atoms with E-state index in [1.54, 1.807) is 0 Å². The molecule has 2 rings (SSSR count). The van der Waals surface area contributed by atoms with Crippen LogP contribution in [0.4, 0.5) is 14.5 Å². The summed E-state index contributed by atoms with van der Waals surface area (Å²) < 4.78 is 27.8. The number of nitrogens with zero attached hydrogens (tertiary/aromatic N) is 4. The second-order valence-corrected chi connectivity index (χ2v) is 5.08. The highest BCUT2D eigenvalue weighted by Gasteiger charge is 2.24. The Labute approximate surface area is 120 Å². The normalized spacial score (nSPS) is 12.4. The number of halogens is 3. The van der Waals surface area contributed by atoms with Gasteiger partial charge in [0.05, 0.1) is 27.7 Å². The van der Waals surface area contributed by atoms with Crippen molar-refractivity contribution < 1.29 is 13.7 Å². The van der Waals surface area contributed by atoms with Crippen molar-refractivity contribution in [2.75, 3.05) is 0 Å². The molecule has 1 atom stereocenters. The van der Waals surface area contributed by atoms with E-state index in [4.69, 9.17) is 0 Å². The maximum absolute atomic E-state index is 13.8. The Morgan fingerprint density at radius 2 is 2.20 bits per heavy atom. The van der Waals surface area contributed by atoms with Gasteiger partial charge in [-0.15, -0.1) is 5.10 Å². The summed E-state index contributed by atoms with van der Waals surface area (Å²) in [6.07, 6.45) is 2.08. The van der Waals surface area contributed by atoms with Gasteiger partial charge in [-0.2, -0.15) is 0 Å². The van der Waals surface area contributed by atoms with E-state index in [0.717, 1.165) is 4.68 Å². The van der Waals surface area contributed by atoms with Crippen LogP contribution >= 0.6 is 15.9 Å². The molecule has 0 bridgehead atoms. The van der Waals surface area contributed by atoms with E-state index in [1.165, 1.54) is 6.20 Å². The average molecular weight is 347 g/mol. The first-order valence-electron chi connectivity index (χ1n) is 5.64. The summed E-state index contributed by atoms with van der Waals surface area (Å²) in [5, 5.41) is 18.4. The lowest BCUT2D eigenvalue weighted by molar-refractivity contribution is -0.385. The molecule has 0 aliphatic carbocycles. The third-order valence-electron chi connectivity index (χ3n) is 2.62. The predicted molar refractivity (Wildman–Crippen MR) is 69.9 cm³/mol. The van der Waals surface area contributed by atoms with Gasteiger partial charge in [-0.3, -0.25) is 10.1 Å². The molecule has 20 heavy (non-hydrogen) atoms. The fourth-order valence-corrected chi connectivity index (χ4v) is 1.87. The van der Waals surface area contributed by atoms with E-state index in [-0.39, 0.29) is 4.83 Å². The maximum Gasteiger partial charge on any atom is 0.300 e. The smallest absolute Gasteiger partial charge is 0.258 e. The fraction of sp³-hybridized carbons (Fsp3) is 0.273. The molecular formula is C11H9BrF2N4O2. The van der Waals surface area contributed by atoms with Crippen molar-refractivity contribution >= 4 is 21.6 Å². The molecular weight excluding hydrogens is 338 g/mol. The lowest BCUT2D eigenvalue weighted by Crippen LogP contribution is -2.05. The van der Waals surface area contributed by atoms with Crippen molar-refractivity contribution in [3.63, 3.8) is 0 Å². The minimum absolute atomic E-state index is 0.0983. The number of hydrogen-bond donors (Lipinski definition) is 0. The van der Waals surface area contributed by atoms with Gasteiger partial charge in [-0.05, 0) is 6.42 Å². The Kier molecular flexibility index (Phi) is 4.07. The van der Waals surface area contributed by atoms with Crippen LogP contribution < -0.4 is 0 Å². The Balaban J connectivity index is 2.57. The fourth-order valence-electron chi connectivity index (χ4n) is 1.66. The van der Waals surface area contributed by atoms with Gasteiger partial charge < -0.3 is 0 Å². The average Bonchev–Trinajstić information content (AvgIpc) is 2.86. The Morgan fingerprint density at radius 1 is 1.50 bits per heavy atom. The molecule has 9 heteroatoms. The Hall–Kier alpha value is -1.90. The minimum Gasteiger partial charge on any atom is -0.258 e. The molecule has 0 amide bonds. The van der Waals surface area contributed by atoms with Crippen molar-refractivity contribution in [3.05, 3.63) is 45.8 Å². The summed E-state index contributed by atoms with van der Waals surface area (Å²) in [4.78, 5) is 9.93. The summed E-state index contributed by atoms with van der Waals surface area (Å²) in [5.74, 6) is -2.10. The molecule has 0 spiro atoms. The Bertz CT molecular complexity index is 662. The third kappa shape index (κ3) is 2.67. The van der Waals surface area contributed by atoms with Crippen molar-refractivity contribution in [2.24, 2.45) is 0 Å². The SMILES string of the molecule is CCC(Br)c1cn(-c2c(F)cc(F)cc2[N+](=O)[O-])nn1. The van der Waals surface area contributed by atoms with E-state index in [9.17, 15) is 18.9 Å². The molecule has 2 aromatic rings. The molecule has 0 fully saturated rings. The topological polar surface area (TPSA) is 73.8 Å². The molecule has 0 saturated carbocycles. The molecule has 1 aromatic heterocycles. The molecule has 0 saturated heterocycles. The predicted octanol–water partition coefficient (Wildman–Crippen LogP) is 3.30. The molecule has 6 nitrogen and oxygen atoms in total. The van der Waals surface area contributed by atoms with Crippen LogP contribution in [0.1, 0.15) is 23.9 Å². The maximum atomic E-state index is 13.8. The van der Waals surface area contributed by atoms with E-state index in [2.05, 4.69) is 26.2 Å². The number of nitro benzene ring substituents is 1. The first-order valence-corrected chi connectivity index (χ1v) is 6.55. The third-order valence-corrected chi connectivity index (χ3v) is 3.74. The summed E-state index contributed by atoms with van der Waals surface area (Å²) in [6.45, 7) is 1.90. The molecule has 106 valence electrons. The largest absolute Gasteiger partial charge is 0.300 e. The van der Waals surface area contributed by atoms with Gasteiger partial charge in [-0.1, -0.05) is 28.1 Å². The van der Waals surface area contributed by atoms with Gasteiger partial charge in [0.1, 0.15) is 5.82 Å². The van der Waals surface area contributed by atoms with E-state index in [1.807, 2.05) is 6.92 Å². The van der Waals surface area contributed by atoms with Crippen molar-refractivity contribution in [1.82, 2.24) is 15.0 Å². The number of hydrogen-bond acceptors (Lipinski definition) is 4. The van der Waals surface area contributed by atoms with Crippen LogP contribution in [0.3, 0.4) is 0 Å². The van der Waals surface area contributed by atoms with Gasteiger partial charge >= 0.3 is 5.69 Å². The van der Waals surface area contributed by atoms with Crippen molar-refractivity contribution in [1.29, 1.82) is 0 Å². The zero-order valence-corrected chi connectivity index (χ0v) is 11.8. The van der Waals surface area contributed by atoms with Crippen molar-refractivity contribution in [2.45, 2.75) is 18.2 Å². The Morgan fingerprint density at radius 3 is 2.80 bits per heavy atom. The zero-order valence-electron chi connectivity index (χ0n) is 10.3. The van der Waals surface area contributed by atoms with Gasteiger partial charge in [-0.25, -0.2) is 13.5 Å². The number of alkyl halides is 1. The van der Waals surface area contributed by atoms with Crippen LogP contribution in [0.15, 0.2) is 18.3 Å². The standard InChI is InChI=1S/C11H9BrF2N4O2/c1-2-7(12)9-5-17(16-15-9)11-8(14)3-6(13)4-10(11)18(19)20/h3-5,7H,2H2,1H3. The summed E-state index contributed by atoms with van der Waals surface area (Å²) in [6, 6.07) is 1.21. The van der Waals surface area contributed by atoms with Gasteiger partial charge in [0, 0.05) is 6.07 Å². The molecule has 0 radical (unpaired) electrons. The highest BCUT2D eigenvalue weighted by molar-refractivity contribution is 9.09. The monoisotopic (exact) mass is 346 g/mol. The van der Waals surface area contributed by atoms with Crippen LogP contribution in [-0.2, 0) is 0 Å². The number of rotatable bonds is 4. The highest BCUT2D eigenvalue weighted by Crippen LogP contribution is 2.29. The van der Waals surface area contributed by atoms with Crippen LogP contribution in [0.5, 0.6) is 0 Å². The molecule has 1 heterocycles. The molecule has 1 unspecified atom stereocenters. The summed E-state index contributed by atoms with van der Waals surface area (Å²) >= 11 is 3.34. The number of aromatic nitrogens is 3. The lowest BCUT2D eigenvalue weighted by atomic mass is 10.2. The molecule has 0 N–H and O–H groups in total. The second-order valence-electron chi connectivity index (χ2n) is 3.98. The van der Waals surface area contributed by atoms with Crippen LogP contribution in [0.2, 0.25) is 0 Å². The van der Waals surface area contributed by atoms with Crippen LogP contribution in [0, 0.1) is 21.7 Å². The van der Waals surface area contributed by atoms with Gasteiger partial charge in [0.15, 0.2) is 11.5 Å². The van der Waals surface area contributed by atoms with E-state index < -0.39 is 27.9 Å². The van der Waals surface area contributed by atoms with Crippen molar-refractivity contribution in [3.8, 4) is 5.69 Å². The first-order chi connectivity index (χ1) is 9.43. The second kappa shape index (κ2) is 5.61. The van der Waals surface area contributed by atoms with E-state index in [0.29, 0.717) is 24.2 Å². The van der Waals surface area contributed by atoms with Crippen LogP contribution in [-0.4, -0.2) is 19.9 Å². The first kappa shape index (κ1) is 14.5. The summed E-state index contributed by atoms with van der Waals surface area (Å²) in [7, 11) is 0. The minimum atomic E-state index is -1.07. The molecule has 0 aliphatic heterocycles.